The minimum absolute atomic E-state index is 0.231. The number of hydrogen-bond acceptors (Lipinski definition) is 5. The van der Waals surface area contributed by atoms with Gasteiger partial charge in [-0.2, -0.15) is 0 Å². The first-order valence-corrected chi connectivity index (χ1v) is 7.16. The zero-order valence-electron chi connectivity index (χ0n) is 12.0. The van der Waals surface area contributed by atoms with Gasteiger partial charge in [-0.1, -0.05) is 0 Å². The van der Waals surface area contributed by atoms with Gasteiger partial charge in [0.15, 0.2) is 0 Å². The van der Waals surface area contributed by atoms with Gasteiger partial charge in [-0.3, -0.25) is 15.1 Å². The Hall–Kier alpha value is -0.950. The summed E-state index contributed by atoms with van der Waals surface area (Å²) in [7, 11) is 2.05. The van der Waals surface area contributed by atoms with Crippen LogP contribution in [0.4, 0.5) is 0 Å². The van der Waals surface area contributed by atoms with Crippen molar-refractivity contribution in [2.45, 2.75) is 33.4 Å². The van der Waals surface area contributed by atoms with Gasteiger partial charge in [0, 0.05) is 18.0 Å². The Morgan fingerprint density at radius 1 is 1.58 bits per heavy atom. The van der Waals surface area contributed by atoms with Crippen molar-refractivity contribution in [1.82, 2.24) is 10.3 Å². The van der Waals surface area contributed by atoms with E-state index in [0.717, 1.165) is 23.5 Å². The number of carbonyl (C=O) groups is 1. The minimum atomic E-state index is -0.231. The molecule has 0 unspecified atom stereocenters. The Kier molecular flexibility index (Phi) is 6.44. The van der Waals surface area contributed by atoms with E-state index in [4.69, 9.17) is 10.6 Å². The fraction of sp³-hybridized carbons (Fsp3) is 0.615. The van der Waals surface area contributed by atoms with Crippen molar-refractivity contribution >= 4 is 17.2 Å². The number of thiophene rings is 1. The lowest BCUT2D eigenvalue weighted by Crippen LogP contribution is -2.29. The van der Waals surface area contributed by atoms with Crippen molar-refractivity contribution < 1.29 is 9.53 Å². The van der Waals surface area contributed by atoms with Gasteiger partial charge in [0.1, 0.15) is 0 Å². The average Bonchev–Trinajstić information content (AvgIpc) is 2.69. The topological polar surface area (TPSA) is 67.6 Å². The summed E-state index contributed by atoms with van der Waals surface area (Å²) >= 11 is 1.47. The third-order valence-electron chi connectivity index (χ3n) is 2.74. The number of nitrogens with two attached hydrogens (primary N) is 1. The number of ether oxygens (including phenoxy) is 1. The fourth-order valence-electron chi connectivity index (χ4n) is 1.67. The number of nitrogens with zero attached hydrogens (tertiary/aromatic N) is 1. The van der Waals surface area contributed by atoms with E-state index in [-0.39, 0.29) is 12.0 Å². The molecule has 0 aromatic carbocycles. The first-order chi connectivity index (χ1) is 8.93. The summed E-state index contributed by atoms with van der Waals surface area (Å²) in [4.78, 5) is 15.4. The van der Waals surface area contributed by atoms with Crippen LogP contribution in [0, 0.1) is 6.92 Å². The van der Waals surface area contributed by atoms with Crippen molar-refractivity contribution in [3.63, 3.8) is 0 Å². The highest BCUT2D eigenvalue weighted by Gasteiger charge is 2.12. The summed E-state index contributed by atoms with van der Waals surface area (Å²) in [6.45, 7) is 8.47. The predicted molar refractivity (Wildman–Crippen MR) is 78.1 cm³/mol. The number of nitrogen functional groups attached to an aromatic ring is 1. The second-order valence-electron chi connectivity index (χ2n) is 4.82. The van der Waals surface area contributed by atoms with Gasteiger partial charge in [-0.15, -0.1) is 11.3 Å². The molecule has 0 atom stereocenters. The van der Waals surface area contributed by atoms with Crippen LogP contribution in [0.5, 0.6) is 0 Å². The third kappa shape index (κ3) is 5.28. The Balaban J connectivity index is 2.52. The summed E-state index contributed by atoms with van der Waals surface area (Å²) in [5.74, 6) is 4.91. The molecule has 0 spiro atoms. The number of aryl methyl sites for hydroxylation is 1. The maximum absolute atomic E-state index is 11.5. The highest BCUT2D eigenvalue weighted by molar-refractivity contribution is 7.14. The van der Waals surface area contributed by atoms with Crippen molar-refractivity contribution in [1.29, 1.82) is 0 Å². The van der Waals surface area contributed by atoms with Crippen LogP contribution >= 0.6 is 11.3 Å². The van der Waals surface area contributed by atoms with Gasteiger partial charge in [-0.05, 0) is 39.4 Å². The molecular weight excluding hydrogens is 262 g/mol. The van der Waals surface area contributed by atoms with Crippen molar-refractivity contribution in [2.24, 2.45) is 5.84 Å². The predicted octanol–water partition coefficient (Wildman–Crippen LogP) is 1.52. The molecule has 3 N–H and O–H groups in total. The Bertz CT molecular complexity index is 418. The molecule has 1 rings (SSSR count). The maximum atomic E-state index is 11.5. The molecule has 0 saturated heterocycles. The standard InChI is InChI=1S/C13H23N3O2S/c1-9(2)18-6-5-16(4)8-11-7-12(13(17)15-14)19-10(11)3/h7,9H,5-6,8,14H2,1-4H3,(H,15,17). The lowest BCUT2D eigenvalue weighted by Gasteiger charge is -2.17. The van der Waals surface area contributed by atoms with E-state index in [1.54, 1.807) is 0 Å². The van der Waals surface area contributed by atoms with Gasteiger partial charge < -0.3 is 4.74 Å². The van der Waals surface area contributed by atoms with Crippen LogP contribution < -0.4 is 11.3 Å². The number of carbonyl (C=O) groups excluding carboxylic acids is 1. The van der Waals surface area contributed by atoms with Crippen molar-refractivity contribution in [2.75, 3.05) is 20.2 Å². The highest BCUT2D eigenvalue weighted by Crippen LogP contribution is 2.22. The Morgan fingerprint density at radius 2 is 2.26 bits per heavy atom. The van der Waals surface area contributed by atoms with Crippen LogP contribution in [0.3, 0.4) is 0 Å². The smallest absolute Gasteiger partial charge is 0.275 e. The second-order valence-corrected chi connectivity index (χ2v) is 6.08. The monoisotopic (exact) mass is 285 g/mol. The summed E-state index contributed by atoms with van der Waals surface area (Å²) in [6, 6.07) is 1.90. The zero-order chi connectivity index (χ0) is 14.4. The molecule has 1 amide bonds. The van der Waals surface area contributed by atoms with Crippen LogP contribution in [-0.4, -0.2) is 37.1 Å². The molecule has 6 heteroatoms. The molecule has 0 aliphatic carbocycles. The van der Waals surface area contributed by atoms with E-state index in [1.165, 1.54) is 11.3 Å². The van der Waals surface area contributed by atoms with Gasteiger partial charge in [-0.25, -0.2) is 5.84 Å². The minimum Gasteiger partial charge on any atom is -0.377 e. The summed E-state index contributed by atoms with van der Waals surface area (Å²) < 4.78 is 5.52. The summed E-state index contributed by atoms with van der Waals surface area (Å²) in [5.41, 5.74) is 3.32. The molecular formula is C13H23N3O2S. The van der Waals surface area contributed by atoms with E-state index in [0.29, 0.717) is 11.5 Å². The fourth-order valence-corrected chi connectivity index (χ4v) is 2.61. The lowest BCUT2D eigenvalue weighted by molar-refractivity contribution is 0.0627. The van der Waals surface area contributed by atoms with Crippen molar-refractivity contribution in [3.05, 3.63) is 21.4 Å². The van der Waals surface area contributed by atoms with Crippen LogP contribution in [0.15, 0.2) is 6.07 Å². The Labute approximate surface area is 118 Å². The molecule has 5 nitrogen and oxygen atoms in total. The first-order valence-electron chi connectivity index (χ1n) is 6.34. The van der Waals surface area contributed by atoms with Gasteiger partial charge in [0.05, 0.1) is 17.6 Å². The van der Waals surface area contributed by atoms with Crippen LogP contribution in [0.2, 0.25) is 0 Å². The number of likely N-dealkylation sites (N-methyl/N-ethyl adjacent to an activating group) is 1. The number of hydrogen-bond donors (Lipinski definition) is 2. The zero-order valence-corrected chi connectivity index (χ0v) is 12.8. The van der Waals surface area contributed by atoms with Gasteiger partial charge in [0.2, 0.25) is 0 Å². The van der Waals surface area contributed by atoms with Crippen LogP contribution in [-0.2, 0) is 11.3 Å². The van der Waals surface area contributed by atoms with Crippen molar-refractivity contribution in [3.8, 4) is 0 Å². The normalized spacial score (nSPS) is 11.3. The molecule has 1 aromatic heterocycles. The van der Waals surface area contributed by atoms with E-state index >= 15 is 0 Å². The molecule has 0 fully saturated rings. The molecule has 0 saturated carbocycles. The van der Waals surface area contributed by atoms with E-state index < -0.39 is 0 Å². The lowest BCUT2D eigenvalue weighted by atomic mass is 10.2. The number of amides is 1. The molecule has 1 aromatic rings. The molecule has 0 bridgehead atoms. The SMILES string of the molecule is Cc1sc(C(=O)NN)cc1CN(C)CCOC(C)C. The van der Waals surface area contributed by atoms with Crippen LogP contribution in [0.25, 0.3) is 0 Å². The molecule has 0 aliphatic heterocycles. The molecule has 0 aliphatic rings. The third-order valence-corrected chi connectivity index (χ3v) is 3.83. The molecule has 1 heterocycles. The molecule has 0 radical (unpaired) electrons. The van der Waals surface area contributed by atoms with Gasteiger partial charge >= 0.3 is 0 Å². The van der Waals surface area contributed by atoms with E-state index in [9.17, 15) is 4.79 Å². The number of rotatable bonds is 7. The second kappa shape index (κ2) is 7.59. The first kappa shape index (κ1) is 16.1. The Morgan fingerprint density at radius 3 is 2.84 bits per heavy atom. The van der Waals surface area contributed by atoms with Crippen LogP contribution in [0.1, 0.15) is 34.0 Å². The largest absolute Gasteiger partial charge is 0.377 e. The average molecular weight is 285 g/mol. The summed E-state index contributed by atoms with van der Waals surface area (Å²) in [6.07, 6.45) is 0.260. The summed E-state index contributed by atoms with van der Waals surface area (Å²) in [5, 5.41) is 0. The molecule has 19 heavy (non-hydrogen) atoms. The van der Waals surface area contributed by atoms with E-state index in [1.807, 2.05) is 33.9 Å². The van der Waals surface area contributed by atoms with E-state index in [2.05, 4.69) is 10.3 Å². The number of hydrazine groups is 1. The number of nitrogens with one attached hydrogen (secondary N) is 1. The quantitative estimate of drug-likeness (QED) is 0.453. The van der Waals surface area contributed by atoms with Gasteiger partial charge in [0.25, 0.3) is 5.91 Å². The molecule has 108 valence electrons. The highest BCUT2D eigenvalue weighted by atomic mass is 32.1. The maximum Gasteiger partial charge on any atom is 0.275 e.